The zero-order valence-electron chi connectivity index (χ0n) is 15.4. The van der Waals surface area contributed by atoms with Gasteiger partial charge in [-0.25, -0.2) is 9.97 Å². The first-order chi connectivity index (χ1) is 12.6. The molecule has 3 aromatic heterocycles. The molecular formula is C20H21N5O. The summed E-state index contributed by atoms with van der Waals surface area (Å²) in [6, 6.07) is 10.0. The van der Waals surface area contributed by atoms with Gasteiger partial charge in [0, 0.05) is 36.1 Å². The highest BCUT2D eigenvalue weighted by molar-refractivity contribution is 5.84. The van der Waals surface area contributed by atoms with Crippen molar-refractivity contribution >= 4 is 5.65 Å². The normalized spacial score (nSPS) is 11.2. The van der Waals surface area contributed by atoms with E-state index in [0.29, 0.717) is 0 Å². The highest BCUT2D eigenvalue weighted by Crippen LogP contribution is 2.35. The van der Waals surface area contributed by atoms with E-state index in [-0.39, 0.29) is 0 Å². The molecule has 6 heteroatoms. The highest BCUT2D eigenvalue weighted by Gasteiger charge is 2.19. The third-order valence-electron chi connectivity index (χ3n) is 4.53. The van der Waals surface area contributed by atoms with Gasteiger partial charge < -0.3 is 4.74 Å². The van der Waals surface area contributed by atoms with Gasteiger partial charge in [-0.3, -0.25) is 4.57 Å². The fourth-order valence-corrected chi connectivity index (χ4v) is 3.37. The van der Waals surface area contributed by atoms with Crippen molar-refractivity contribution in [3.63, 3.8) is 0 Å². The molecule has 26 heavy (non-hydrogen) atoms. The van der Waals surface area contributed by atoms with Gasteiger partial charge in [0.15, 0.2) is 5.65 Å². The van der Waals surface area contributed by atoms with Gasteiger partial charge in [0.2, 0.25) is 0 Å². The molecule has 132 valence electrons. The zero-order valence-corrected chi connectivity index (χ0v) is 15.4. The average Bonchev–Trinajstić information content (AvgIpc) is 3.24. The molecule has 0 N–H and O–H groups in total. The Kier molecular flexibility index (Phi) is 3.95. The van der Waals surface area contributed by atoms with Crippen LogP contribution in [-0.2, 0) is 6.42 Å². The van der Waals surface area contributed by atoms with E-state index in [2.05, 4.69) is 16.5 Å². The lowest BCUT2D eigenvalue weighted by molar-refractivity contribution is 0.416. The summed E-state index contributed by atoms with van der Waals surface area (Å²) in [5.41, 5.74) is 4.64. The van der Waals surface area contributed by atoms with Gasteiger partial charge in [0.1, 0.15) is 17.4 Å². The Hall–Kier alpha value is -3.15. The van der Waals surface area contributed by atoms with Gasteiger partial charge in [-0.15, -0.1) is 0 Å². The summed E-state index contributed by atoms with van der Waals surface area (Å²) in [4.78, 5) is 9.23. The number of nitrogens with zero attached hydrogens (tertiary/aromatic N) is 5. The molecule has 0 aliphatic carbocycles. The van der Waals surface area contributed by atoms with Crippen LogP contribution in [0.3, 0.4) is 0 Å². The van der Waals surface area contributed by atoms with Crippen LogP contribution < -0.4 is 4.74 Å². The summed E-state index contributed by atoms with van der Waals surface area (Å²) in [6.45, 7) is 6.10. The van der Waals surface area contributed by atoms with Crippen LogP contribution in [0.15, 0.2) is 42.7 Å². The van der Waals surface area contributed by atoms with Crippen LogP contribution in [0.4, 0.5) is 0 Å². The first-order valence-corrected chi connectivity index (χ1v) is 8.67. The fourth-order valence-electron chi connectivity index (χ4n) is 3.37. The molecule has 0 saturated carbocycles. The van der Waals surface area contributed by atoms with Crippen molar-refractivity contribution in [1.82, 2.24) is 24.1 Å². The fraction of sp³-hybridized carbons (Fsp3) is 0.250. The number of methoxy groups -OCH3 is 1. The predicted molar refractivity (Wildman–Crippen MR) is 101 cm³/mol. The molecule has 0 aliphatic heterocycles. The summed E-state index contributed by atoms with van der Waals surface area (Å²) in [5.74, 6) is 2.74. The maximum absolute atomic E-state index is 5.56. The van der Waals surface area contributed by atoms with Gasteiger partial charge in [-0.2, -0.15) is 9.61 Å². The molecule has 0 fully saturated rings. The van der Waals surface area contributed by atoms with E-state index in [1.807, 2.05) is 61.1 Å². The lowest BCUT2D eigenvalue weighted by atomic mass is 10.1. The minimum absolute atomic E-state index is 0.812. The molecule has 0 aliphatic rings. The van der Waals surface area contributed by atoms with Crippen molar-refractivity contribution in [2.75, 3.05) is 7.11 Å². The summed E-state index contributed by atoms with van der Waals surface area (Å²) >= 11 is 0. The Morgan fingerprint density at radius 3 is 2.73 bits per heavy atom. The smallest absolute Gasteiger partial charge is 0.165 e. The van der Waals surface area contributed by atoms with E-state index >= 15 is 0 Å². The van der Waals surface area contributed by atoms with Gasteiger partial charge in [-0.05, 0) is 19.9 Å². The average molecular weight is 347 g/mol. The molecule has 0 spiro atoms. The highest BCUT2D eigenvalue weighted by atomic mass is 16.5. The van der Waals surface area contributed by atoms with E-state index in [0.717, 1.165) is 52.0 Å². The maximum atomic E-state index is 5.56. The molecule has 0 atom stereocenters. The van der Waals surface area contributed by atoms with Gasteiger partial charge in [0.25, 0.3) is 0 Å². The van der Waals surface area contributed by atoms with Crippen LogP contribution in [0.5, 0.6) is 5.75 Å². The van der Waals surface area contributed by atoms with E-state index in [1.54, 1.807) is 7.11 Å². The molecule has 0 radical (unpaired) electrons. The number of aromatic nitrogens is 5. The molecule has 3 heterocycles. The number of fused-ring (bicyclic) bond motifs is 1. The van der Waals surface area contributed by atoms with E-state index in [4.69, 9.17) is 14.8 Å². The van der Waals surface area contributed by atoms with Crippen molar-refractivity contribution in [1.29, 1.82) is 0 Å². The van der Waals surface area contributed by atoms with Crippen LogP contribution in [0.2, 0.25) is 0 Å². The molecule has 1 aromatic carbocycles. The van der Waals surface area contributed by atoms with Gasteiger partial charge in [-0.1, -0.05) is 25.1 Å². The Labute approximate surface area is 152 Å². The monoisotopic (exact) mass is 347 g/mol. The number of aryl methyl sites for hydroxylation is 3. The molecule has 0 amide bonds. The molecule has 4 aromatic rings. The first kappa shape index (κ1) is 16.3. The Morgan fingerprint density at radius 1 is 1.15 bits per heavy atom. The van der Waals surface area contributed by atoms with Crippen LogP contribution >= 0.6 is 0 Å². The van der Waals surface area contributed by atoms with Crippen LogP contribution in [0.1, 0.15) is 24.1 Å². The first-order valence-electron chi connectivity index (χ1n) is 8.67. The topological polar surface area (TPSA) is 57.2 Å². The van der Waals surface area contributed by atoms with Crippen LogP contribution in [0, 0.1) is 13.8 Å². The minimum Gasteiger partial charge on any atom is -0.496 e. The second kappa shape index (κ2) is 6.29. The Balaban J connectivity index is 2.05. The number of para-hydroxylation sites is 1. The summed E-state index contributed by atoms with van der Waals surface area (Å²) in [6.07, 6.45) is 4.63. The second-order valence-corrected chi connectivity index (χ2v) is 6.22. The SMILES string of the molecule is CCc1nccn1-c1cc(C)nc2c(-c3ccccc3OC)c(C)nn12. The predicted octanol–water partition coefficient (Wildman–Crippen LogP) is 3.77. The maximum Gasteiger partial charge on any atom is 0.165 e. The standard InChI is InChI=1S/C20H21N5O/c1-5-17-21-10-11-24(17)18-12-13(2)22-20-19(14(3)23-25(18)20)15-8-6-7-9-16(15)26-4/h6-12H,5H2,1-4H3. The number of hydrogen-bond donors (Lipinski definition) is 0. The third-order valence-corrected chi connectivity index (χ3v) is 4.53. The number of ether oxygens (including phenoxy) is 1. The number of rotatable bonds is 4. The zero-order chi connectivity index (χ0) is 18.3. The Bertz CT molecular complexity index is 1090. The van der Waals surface area contributed by atoms with Gasteiger partial charge in [0.05, 0.1) is 18.4 Å². The quantitative estimate of drug-likeness (QED) is 0.564. The molecule has 0 unspecified atom stereocenters. The summed E-state index contributed by atoms with van der Waals surface area (Å²) in [7, 11) is 1.68. The molecule has 0 bridgehead atoms. The van der Waals surface area contributed by atoms with Crippen LogP contribution in [-0.4, -0.2) is 31.3 Å². The van der Waals surface area contributed by atoms with Gasteiger partial charge >= 0.3 is 0 Å². The van der Waals surface area contributed by atoms with Crippen molar-refractivity contribution in [2.24, 2.45) is 0 Å². The molecule has 6 nitrogen and oxygen atoms in total. The minimum atomic E-state index is 0.812. The largest absolute Gasteiger partial charge is 0.496 e. The van der Waals surface area contributed by atoms with Crippen LogP contribution in [0.25, 0.3) is 22.6 Å². The number of hydrogen-bond acceptors (Lipinski definition) is 4. The van der Waals surface area contributed by atoms with Crippen molar-refractivity contribution < 1.29 is 4.74 Å². The molecule has 0 saturated heterocycles. The van der Waals surface area contributed by atoms with E-state index in [9.17, 15) is 0 Å². The van der Waals surface area contributed by atoms with Crippen molar-refractivity contribution in [3.05, 3.63) is 59.9 Å². The number of benzene rings is 1. The molecular weight excluding hydrogens is 326 g/mol. The van der Waals surface area contributed by atoms with Crippen molar-refractivity contribution in [2.45, 2.75) is 27.2 Å². The van der Waals surface area contributed by atoms with Crippen molar-refractivity contribution in [3.8, 4) is 22.7 Å². The summed E-state index contributed by atoms with van der Waals surface area (Å²) in [5, 5.41) is 4.79. The lowest BCUT2D eigenvalue weighted by Gasteiger charge is -2.11. The third kappa shape index (κ3) is 2.45. The lowest BCUT2D eigenvalue weighted by Crippen LogP contribution is -2.08. The Morgan fingerprint density at radius 2 is 1.96 bits per heavy atom. The van der Waals surface area contributed by atoms with E-state index < -0.39 is 0 Å². The summed E-state index contributed by atoms with van der Waals surface area (Å²) < 4.78 is 9.53. The molecule has 4 rings (SSSR count). The van der Waals surface area contributed by atoms with E-state index in [1.165, 1.54) is 0 Å². The second-order valence-electron chi connectivity index (χ2n) is 6.22. The number of imidazole rings is 1.